The number of carbonyl (C=O) groups is 1. The fourth-order valence-corrected chi connectivity index (χ4v) is 0.744. The van der Waals surface area contributed by atoms with Gasteiger partial charge < -0.3 is 18.9 Å². The second-order valence-electron chi connectivity index (χ2n) is 2.77. The van der Waals surface area contributed by atoms with Gasteiger partial charge in [-0.1, -0.05) is 0 Å². The molecule has 0 aliphatic heterocycles. The van der Waals surface area contributed by atoms with Crippen LogP contribution in [0.1, 0.15) is 6.92 Å². The summed E-state index contributed by atoms with van der Waals surface area (Å²) in [6.07, 6.45) is 1.37. The summed E-state index contributed by atoms with van der Waals surface area (Å²) in [5, 5.41) is 0. The van der Waals surface area contributed by atoms with Gasteiger partial charge in [0, 0.05) is 7.11 Å². The highest BCUT2D eigenvalue weighted by Crippen LogP contribution is 1.95. The molecule has 0 atom stereocenters. The smallest absolute Gasteiger partial charge is 0.336 e. The molecule has 0 aliphatic rings. The normalized spacial score (nSPS) is 11.3. The third-order valence-electron chi connectivity index (χ3n) is 1.54. The average molecular weight is 218 g/mol. The topological polar surface area (TPSA) is 54.0 Å². The molecule has 0 radical (unpaired) electrons. The van der Waals surface area contributed by atoms with Crippen molar-refractivity contribution in [3.8, 4) is 0 Å². The predicted molar refractivity (Wildman–Crippen MR) is 54.4 cm³/mol. The maximum atomic E-state index is 10.9. The van der Waals surface area contributed by atoms with Crippen molar-refractivity contribution in [1.82, 2.24) is 0 Å². The minimum atomic E-state index is -0.393. The monoisotopic (exact) mass is 218 g/mol. The minimum absolute atomic E-state index is 0.393. The number of methoxy groups -OCH3 is 2. The predicted octanol–water partition coefficient (Wildman–Crippen LogP) is 0.743. The van der Waals surface area contributed by atoms with Crippen LogP contribution >= 0.6 is 0 Å². The molecule has 0 spiro atoms. The lowest BCUT2D eigenvalue weighted by Crippen LogP contribution is -2.07. The zero-order valence-corrected chi connectivity index (χ0v) is 9.45. The Bertz CT molecular complexity index is 200. The summed E-state index contributed by atoms with van der Waals surface area (Å²) >= 11 is 0. The van der Waals surface area contributed by atoms with Crippen molar-refractivity contribution in [1.29, 1.82) is 0 Å². The molecule has 0 aromatic rings. The summed E-state index contributed by atoms with van der Waals surface area (Å²) < 4.78 is 19.5. The highest BCUT2D eigenvalue weighted by molar-refractivity contribution is 5.87. The van der Waals surface area contributed by atoms with Gasteiger partial charge in [-0.25, -0.2) is 4.79 Å². The Morgan fingerprint density at radius 1 is 1.13 bits per heavy atom. The lowest BCUT2D eigenvalue weighted by atomic mass is 10.3. The molecular weight excluding hydrogens is 200 g/mol. The molecule has 5 nitrogen and oxygen atoms in total. The molecule has 88 valence electrons. The lowest BCUT2D eigenvalue weighted by molar-refractivity contribution is -0.136. The Labute approximate surface area is 89.9 Å². The summed E-state index contributed by atoms with van der Waals surface area (Å²) in [6, 6.07) is 0. The van der Waals surface area contributed by atoms with E-state index in [1.165, 1.54) is 13.4 Å². The van der Waals surface area contributed by atoms with E-state index in [9.17, 15) is 4.79 Å². The van der Waals surface area contributed by atoms with E-state index in [1.807, 2.05) is 0 Å². The highest BCUT2D eigenvalue weighted by Gasteiger charge is 2.01. The van der Waals surface area contributed by atoms with Gasteiger partial charge >= 0.3 is 5.97 Å². The molecule has 5 heteroatoms. The summed E-state index contributed by atoms with van der Waals surface area (Å²) in [5.74, 6) is -0.393. The molecule has 0 saturated heterocycles. The van der Waals surface area contributed by atoms with E-state index in [2.05, 4.69) is 4.74 Å². The molecule has 15 heavy (non-hydrogen) atoms. The van der Waals surface area contributed by atoms with E-state index in [1.54, 1.807) is 14.0 Å². The van der Waals surface area contributed by atoms with Crippen LogP contribution in [0.3, 0.4) is 0 Å². The average Bonchev–Trinajstić information content (AvgIpc) is 2.26. The molecule has 0 heterocycles. The second-order valence-corrected chi connectivity index (χ2v) is 2.77. The van der Waals surface area contributed by atoms with Crippen LogP contribution in [0, 0.1) is 0 Å². The first-order valence-corrected chi connectivity index (χ1v) is 4.65. The standard InChI is InChI=1S/C10H18O5/c1-9(10(11)13-3)8-15-7-6-14-5-4-12-2/h8H,4-7H2,1-3H3. The van der Waals surface area contributed by atoms with E-state index in [4.69, 9.17) is 14.2 Å². The molecule has 0 rings (SSSR count). The van der Waals surface area contributed by atoms with Gasteiger partial charge in [0.15, 0.2) is 0 Å². The molecule has 0 bridgehead atoms. The van der Waals surface area contributed by atoms with Crippen molar-refractivity contribution in [3.63, 3.8) is 0 Å². The number of hydrogen-bond acceptors (Lipinski definition) is 5. The summed E-state index contributed by atoms with van der Waals surface area (Å²) in [5.41, 5.74) is 0.425. The first kappa shape index (κ1) is 13.9. The Morgan fingerprint density at radius 3 is 2.40 bits per heavy atom. The van der Waals surface area contributed by atoms with Gasteiger partial charge in [0.05, 0.1) is 38.8 Å². The van der Waals surface area contributed by atoms with Crippen LogP contribution in [-0.4, -0.2) is 46.6 Å². The fourth-order valence-electron chi connectivity index (χ4n) is 0.744. The molecule has 0 N–H and O–H groups in total. The van der Waals surface area contributed by atoms with Gasteiger partial charge in [-0.2, -0.15) is 0 Å². The minimum Gasteiger partial charge on any atom is -0.498 e. The van der Waals surface area contributed by atoms with Crippen LogP contribution in [-0.2, 0) is 23.7 Å². The quantitative estimate of drug-likeness (QED) is 0.260. The Balaban J connectivity index is 3.40. The van der Waals surface area contributed by atoms with Crippen molar-refractivity contribution in [3.05, 3.63) is 11.8 Å². The first-order chi connectivity index (χ1) is 7.22. The second kappa shape index (κ2) is 9.48. The summed E-state index contributed by atoms with van der Waals surface area (Å²) in [7, 11) is 2.94. The molecule has 0 saturated carbocycles. The number of ether oxygens (including phenoxy) is 4. The van der Waals surface area contributed by atoms with Crippen molar-refractivity contribution >= 4 is 5.97 Å². The van der Waals surface area contributed by atoms with Crippen LogP contribution in [0.4, 0.5) is 0 Å². The summed E-state index contributed by atoms with van der Waals surface area (Å²) in [4.78, 5) is 10.9. The number of carbonyl (C=O) groups excluding carboxylic acids is 1. The van der Waals surface area contributed by atoms with Crippen LogP contribution in [0.2, 0.25) is 0 Å². The molecule has 0 amide bonds. The number of hydrogen-bond donors (Lipinski definition) is 0. The van der Waals surface area contributed by atoms with Gasteiger partial charge in [-0.15, -0.1) is 0 Å². The van der Waals surface area contributed by atoms with Crippen molar-refractivity contribution in [2.45, 2.75) is 6.92 Å². The highest BCUT2D eigenvalue weighted by atomic mass is 16.5. The van der Waals surface area contributed by atoms with E-state index >= 15 is 0 Å². The zero-order chi connectivity index (χ0) is 11.5. The van der Waals surface area contributed by atoms with Crippen molar-refractivity contribution < 1.29 is 23.7 Å². The molecule has 0 aliphatic carbocycles. The van der Waals surface area contributed by atoms with E-state index in [-0.39, 0.29) is 0 Å². The molecular formula is C10H18O5. The number of esters is 1. The Kier molecular flexibility index (Phi) is 8.81. The Hall–Kier alpha value is -1.07. The van der Waals surface area contributed by atoms with Gasteiger partial charge in [0.25, 0.3) is 0 Å². The van der Waals surface area contributed by atoms with Gasteiger partial charge in [-0.3, -0.25) is 0 Å². The fraction of sp³-hybridized carbons (Fsp3) is 0.700. The van der Waals surface area contributed by atoms with Crippen LogP contribution in [0.15, 0.2) is 11.8 Å². The SMILES string of the molecule is COCCOCCOC=C(C)C(=O)OC. The van der Waals surface area contributed by atoms with Gasteiger partial charge in [-0.05, 0) is 6.92 Å². The van der Waals surface area contributed by atoms with Crippen LogP contribution in [0.25, 0.3) is 0 Å². The van der Waals surface area contributed by atoms with Gasteiger partial charge in [0.2, 0.25) is 0 Å². The third kappa shape index (κ3) is 7.96. The third-order valence-corrected chi connectivity index (χ3v) is 1.54. The van der Waals surface area contributed by atoms with Crippen LogP contribution in [0.5, 0.6) is 0 Å². The zero-order valence-electron chi connectivity index (χ0n) is 9.45. The first-order valence-electron chi connectivity index (χ1n) is 4.65. The maximum Gasteiger partial charge on any atom is 0.336 e. The van der Waals surface area contributed by atoms with E-state index in [0.717, 1.165) is 0 Å². The van der Waals surface area contributed by atoms with Crippen molar-refractivity contribution in [2.75, 3.05) is 40.6 Å². The lowest BCUT2D eigenvalue weighted by Gasteiger charge is -2.04. The van der Waals surface area contributed by atoms with Crippen molar-refractivity contribution in [2.24, 2.45) is 0 Å². The molecule has 0 aromatic heterocycles. The Morgan fingerprint density at radius 2 is 1.80 bits per heavy atom. The summed E-state index contributed by atoms with van der Waals surface area (Å²) in [6.45, 7) is 3.60. The maximum absolute atomic E-state index is 10.9. The van der Waals surface area contributed by atoms with E-state index < -0.39 is 5.97 Å². The largest absolute Gasteiger partial charge is 0.498 e. The molecule has 0 unspecified atom stereocenters. The number of rotatable bonds is 8. The van der Waals surface area contributed by atoms with E-state index in [0.29, 0.717) is 32.0 Å². The molecule has 0 fully saturated rings. The van der Waals surface area contributed by atoms with Crippen LogP contribution < -0.4 is 0 Å². The van der Waals surface area contributed by atoms with Gasteiger partial charge in [0.1, 0.15) is 6.61 Å². The molecule has 0 aromatic carbocycles.